The highest BCUT2D eigenvalue weighted by molar-refractivity contribution is 5.85. The van der Waals surface area contributed by atoms with Gasteiger partial charge in [0.25, 0.3) is 0 Å². The summed E-state index contributed by atoms with van der Waals surface area (Å²) in [4.78, 5) is 0. The van der Waals surface area contributed by atoms with Gasteiger partial charge in [0.15, 0.2) is 0 Å². The Hall–Kier alpha value is -1.38. The van der Waals surface area contributed by atoms with Gasteiger partial charge in [-0.15, -0.1) is 0 Å². The van der Waals surface area contributed by atoms with Crippen molar-refractivity contribution in [2.24, 2.45) is 0 Å². The molecule has 0 aliphatic carbocycles. The lowest BCUT2D eigenvalue weighted by Crippen LogP contribution is -2.39. The summed E-state index contributed by atoms with van der Waals surface area (Å²) in [5.41, 5.74) is 1.39. The summed E-state index contributed by atoms with van der Waals surface area (Å²) in [5, 5.41) is 6.04. The van der Waals surface area contributed by atoms with Crippen LogP contribution in [0.3, 0.4) is 0 Å². The third-order valence-corrected chi connectivity index (χ3v) is 3.33. The molecule has 2 aromatic carbocycles. The summed E-state index contributed by atoms with van der Waals surface area (Å²) in [7, 11) is 0. The van der Waals surface area contributed by atoms with Crippen LogP contribution >= 0.6 is 0 Å². The van der Waals surface area contributed by atoms with Gasteiger partial charge in [0.2, 0.25) is 0 Å². The minimum atomic E-state index is 0.314. The first kappa shape index (κ1) is 10.8. The highest BCUT2D eigenvalue weighted by atomic mass is 16.5. The molecule has 0 radical (unpaired) electrons. The van der Waals surface area contributed by atoms with E-state index < -0.39 is 0 Å². The molecule has 0 saturated carbocycles. The van der Waals surface area contributed by atoms with Crippen molar-refractivity contribution in [1.82, 2.24) is 5.32 Å². The van der Waals surface area contributed by atoms with Crippen LogP contribution in [-0.2, 0) is 11.2 Å². The molecule has 1 unspecified atom stereocenters. The topological polar surface area (TPSA) is 21.3 Å². The smallest absolute Gasteiger partial charge is 0.0740 e. The molecule has 1 N–H and O–H groups in total. The fourth-order valence-corrected chi connectivity index (χ4v) is 2.47. The number of benzene rings is 2. The zero-order valence-corrected chi connectivity index (χ0v) is 9.86. The van der Waals surface area contributed by atoms with Crippen molar-refractivity contribution in [3.63, 3.8) is 0 Å². The summed E-state index contributed by atoms with van der Waals surface area (Å²) in [6.07, 6.45) is 1.31. The number of fused-ring (bicyclic) bond motifs is 1. The number of hydrogen-bond donors (Lipinski definition) is 1. The van der Waals surface area contributed by atoms with Crippen LogP contribution in [0.15, 0.2) is 42.5 Å². The first-order valence-electron chi connectivity index (χ1n) is 6.22. The van der Waals surface area contributed by atoms with Gasteiger partial charge in [-0.2, -0.15) is 0 Å². The third-order valence-electron chi connectivity index (χ3n) is 3.33. The van der Waals surface area contributed by atoms with Gasteiger partial charge in [0.05, 0.1) is 12.7 Å². The van der Waals surface area contributed by atoms with E-state index in [-0.39, 0.29) is 0 Å². The van der Waals surface area contributed by atoms with E-state index in [9.17, 15) is 0 Å². The summed E-state index contributed by atoms with van der Waals surface area (Å²) in [5.74, 6) is 0. The quantitative estimate of drug-likeness (QED) is 0.850. The second-order valence-corrected chi connectivity index (χ2v) is 4.54. The van der Waals surface area contributed by atoms with Crippen molar-refractivity contribution in [2.75, 3.05) is 19.7 Å². The molecule has 0 spiro atoms. The van der Waals surface area contributed by atoms with Crippen LogP contribution < -0.4 is 5.32 Å². The molecular weight excluding hydrogens is 210 g/mol. The number of hydrogen-bond acceptors (Lipinski definition) is 2. The second-order valence-electron chi connectivity index (χ2n) is 4.54. The number of rotatable bonds is 2. The Kier molecular flexibility index (Phi) is 3.08. The standard InChI is InChI=1S/C15H17NO/c1-2-7-15-12(4-1)5-3-6-13(15)10-14-11-16-8-9-17-14/h1-7,14,16H,8-11H2. The predicted molar refractivity (Wildman–Crippen MR) is 70.3 cm³/mol. The Labute approximate surface area is 102 Å². The van der Waals surface area contributed by atoms with Gasteiger partial charge in [-0.3, -0.25) is 0 Å². The van der Waals surface area contributed by atoms with Gasteiger partial charge in [-0.05, 0) is 16.3 Å². The van der Waals surface area contributed by atoms with Gasteiger partial charge in [-0.1, -0.05) is 42.5 Å². The molecule has 1 atom stereocenters. The van der Waals surface area contributed by atoms with E-state index in [1.165, 1.54) is 16.3 Å². The van der Waals surface area contributed by atoms with Crippen LogP contribution in [0.5, 0.6) is 0 Å². The number of ether oxygens (including phenoxy) is 1. The zero-order valence-electron chi connectivity index (χ0n) is 9.86. The zero-order chi connectivity index (χ0) is 11.5. The Morgan fingerprint density at radius 2 is 2.00 bits per heavy atom. The van der Waals surface area contributed by atoms with E-state index in [1.54, 1.807) is 0 Å². The fraction of sp³-hybridized carbons (Fsp3) is 0.333. The normalized spacial score (nSPS) is 20.6. The average Bonchev–Trinajstić information content (AvgIpc) is 2.40. The molecule has 88 valence electrons. The van der Waals surface area contributed by atoms with E-state index in [0.717, 1.165) is 26.1 Å². The molecule has 1 saturated heterocycles. The first-order valence-corrected chi connectivity index (χ1v) is 6.22. The average molecular weight is 227 g/mol. The molecule has 1 heterocycles. The number of nitrogens with one attached hydrogen (secondary N) is 1. The van der Waals surface area contributed by atoms with E-state index in [1.807, 2.05) is 0 Å². The highest BCUT2D eigenvalue weighted by Gasteiger charge is 2.14. The van der Waals surface area contributed by atoms with Crippen molar-refractivity contribution < 1.29 is 4.74 Å². The summed E-state index contributed by atoms with van der Waals surface area (Å²) in [6.45, 7) is 2.77. The second kappa shape index (κ2) is 4.86. The fourth-order valence-electron chi connectivity index (χ4n) is 2.47. The van der Waals surface area contributed by atoms with Crippen molar-refractivity contribution >= 4 is 10.8 Å². The Bertz CT molecular complexity index is 498. The molecule has 17 heavy (non-hydrogen) atoms. The molecule has 1 aliphatic heterocycles. The minimum Gasteiger partial charge on any atom is -0.375 e. The van der Waals surface area contributed by atoms with E-state index >= 15 is 0 Å². The van der Waals surface area contributed by atoms with Gasteiger partial charge < -0.3 is 10.1 Å². The summed E-state index contributed by atoms with van der Waals surface area (Å²) >= 11 is 0. The van der Waals surface area contributed by atoms with Gasteiger partial charge in [0, 0.05) is 19.5 Å². The largest absolute Gasteiger partial charge is 0.375 e. The van der Waals surface area contributed by atoms with Gasteiger partial charge in [0.1, 0.15) is 0 Å². The Morgan fingerprint density at radius 1 is 1.12 bits per heavy atom. The lowest BCUT2D eigenvalue weighted by atomic mass is 9.99. The highest BCUT2D eigenvalue weighted by Crippen LogP contribution is 2.20. The monoisotopic (exact) mass is 227 g/mol. The van der Waals surface area contributed by atoms with E-state index in [2.05, 4.69) is 47.8 Å². The summed E-state index contributed by atoms with van der Waals surface area (Å²) < 4.78 is 5.77. The van der Waals surface area contributed by atoms with Crippen molar-refractivity contribution in [2.45, 2.75) is 12.5 Å². The molecule has 2 nitrogen and oxygen atoms in total. The molecular formula is C15H17NO. The third kappa shape index (κ3) is 2.33. The molecule has 0 aromatic heterocycles. The maximum Gasteiger partial charge on any atom is 0.0740 e. The lowest BCUT2D eigenvalue weighted by molar-refractivity contribution is 0.0294. The van der Waals surface area contributed by atoms with Crippen LogP contribution in [0, 0.1) is 0 Å². The van der Waals surface area contributed by atoms with Crippen LogP contribution in [0.25, 0.3) is 10.8 Å². The maximum absolute atomic E-state index is 5.77. The molecule has 1 fully saturated rings. The van der Waals surface area contributed by atoms with Crippen LogP contribution in [0.1, 0.15) is 5.56 Å². The van der Waals surface area contributed by atoms with Crippen LogP contribution in [0.2, 0.25) is 0 Å². The Balaban J connectivity index is 1.89. The van der Waals surface area contributed by atoms with Crippen LogP contribution in [-0.4, -0.2) is 25.8 Å². The van der Waals surface area contributed by atoms with E-state index in [0.29, 0.717) is 6.10 Å². The Morgan fingerprint density at radius 3 is 2.88 bits per heavy atom. The molecule has 1 aliphatic rings. The van der Waals surface area contributed by atoms with E-state index in [4.69, 9.17) is 4.74 Å². The van der Waals surface area contributed by atoms with Crippen LogP contribution in [0.4, 0.5) is 0 Å². The SMILES string of the molecule is c1ccc2c(CC3CNCCO3)cccc2c1. The molecule has 2 aromatic rings. The first-order chi connectivity index (χ1) is 8.43. The van der Waals surface area contributed by atoms with Crippen molar-refractivity contribution in [3.05, 3.63) is 48.0 Å². The minimum absolute atomic E-state index is 0.314. The molecule has 0 bridgehead atoms. The summed E-state index contributed by atoms with van der Waals surface area (Å²) in [6, 6.07) is 15.1. The molecule has 2 heteroatoms. The molecule has 0 amide bonds. The number of morpholine rings is 1. The van der Waals surface area contributed by atoms with Crippen molar-refractivity contribution in [1.29, 1.82) is 0 Å². The maximum atomic E-state index is 5.77. The predicted octanol–water partition coefficient (Wildman–Crippen LogP) is 2.37. The van der Waals surface area contributed by atoms with Crippen molar-refractivity contribution in [3.8, 4) is 0 Å². The van der Waals surface area contributed by atoms with Gasteiger partial charge >= 0.3 is 0 Å². The molecule has 3 rings (SSSR count). The lowest BCUT2D eigenvalue weighted by Gasteiger charge is -2.24. The van der Waals surface area contributed by atoms with Gasteiger partial charge in [-0.25, -0.2) is 0 Å².